The number of hydrogen-bond acceptors (Lipinski definition) is 7. The zero-order chi connectivity index (χ0) is 15.6. The number of hydroxylamine groups is 2. The number of primary amides is 1. The first-order chi connectivity index (χ1) is 9.79. The second kappa shape index (κ2) is 6.92. The lowest BCUT2D eigenvalue weighted by Gasteiger charge is -2.36. The van der Waals surface area contributed by atoms with Crippen molar-refractivity contribution in [1.82, 2.24) is 5.06 Å². The van der Waals surface area contributed by atoms with Crippen molar-refractivity contribution in [3.8, 4) is 0 Å². The minimum absolute atomic E-state index is 0. The third-order valence-corrected chi connectivity index (χ3v) is 2.92. The van der Waals surface area contributed by atoms with Gasteiger partial charge in [0.05, 0.1) is 0 Å². The lowest BCUT2D eigenvalue weighted by Crippen LogP contribution is -2.53. The molecule has 1 amide bonds. The Hall–Kier alpha value is -1.88. The van der Waals surface area contributed by atoms with Crippen LogP contribution in [0.3, 0.4) is 0 Å². The number of guanidine groups is 2. The van der Waals surface area contributed by atoms with Crippen molar-refractivity contribution in [3.05, 3.63) is 35.4 Å². The van der Waals surface area contributed by atoms with Gasteiger partial charge in [-0.25, -0.2) is 4.99 Å². The fourth-order valence-corrected chi connectivity index (χ4v) is 1.92. The van der Waals surface area contributed by atoms with E-state index in [1.54, 1.807) is 38.1 Å². The second-order valence-corrected chi connectivity index (χ2v) is 5.06. The molecule has 1 aliphatic heterocycles. The third-order valence-electron chi connectivity index (χ3n) is 2.92. The summed E-state index contributed by atoms with van der Waals surface area (Å²) < 4.78 is 0. The van der Waals surface area contributed by atoms with Crippen LogP contribution in [0.2, 0.25) is 0 Å². The van der Waals surface area contributed by atoms with E-state index in [0.717, 1.165) is 5.56 Å². The Labute approximate surface area is 145 Å². The normalized spacial score (nSPS) is 16.4. The Morgan fingerprint density at radius 2 is 1.86 bits per heavy atom. The van der Waals surface area contributed by atoms with Crippen molar-refractivity contribution in [3.63, 3.8) is 0 Å². The van der Waals surface area contributed by atoms with Crippen molar-refractivity contribution in [2.75, 3.05) is 0 Å². The highest BCUT2D eigenvalue weighted by molar-refractivity contribution is 14.0. The largest absolute Gasteiger partial charge is 0.368 e. The van der Waals surface area contributed by atoms with E-state index in [0.29, 0.717) is 5.56 Å². The fourth-order valence-electron chi connectivity index (χ4n) is 1.92. The number of benzene rings is 1. The Bertz CT molecular complexity index is 611. The van der Waals surface area contributed by atoms with Gasteiger partial charge >= 0.3 is 0 Å². The van der Waals surface area contributed by atoms with Crippen molar-refractivity contribution < 1.29 is 9.63 Å². The molecular formula is C13H19IN6O2. The molecule has 6 N–H and O–H groups in total. The molecule has 8 nitrogen and oxygen atoms in total. The van der Waals surface area contributed by atoms with Crippen LogP contribution >= 0.6 is 24.0 Å². The van der Waals surface area contributed by atoms with Gasteiger partial charge in [-0.1, -0.05) is 12.1 Å². The molecule has 2 rings (SSSR count). The van der Waals surface area contributed by atoms with Crippen LogP contribution in [0.4, 0.5) is 0 Å². The van der Waals surface area contributed by atoms with Gasteiger partial charge < -0.3 is 17.2 Å². The minimum Gasteiger partial charge on any atom is -0.368 e. The molecule has 0 aromatic heterocycles. The first-order valence-electron chi connectivity index (χ1n) is 6.31. The van der Waals surface area contributed by atoms with Crippen molar-refractivity contribution in [1.29, 1.82) is 0 Å². The zero-order valence-corrected chi connectivity index (χ0v) is 14.6. The fraction of sp³-hybridized carbons (Fsp3) is 0.308. The summed E-state index contributed by atoms with van der Waals surface area (Å²) in [6.45, 7) is 3.85. The van der Waals surface area contributed by atoms with Gasteiger partial charge in [-0.15, -0.1) is 24.0 Å². The Balaban J connectivity index is 0.00000242. The number of rotatable bonds is 4. The molecule has 0 unspecified atom stereocenters. The van der Waals surface area contributed by atoms with Gasteiger partial charge in [-0.05, 0) is 31.5 Å². The van der Waals surface area contributed by atoms with Crippen molar-refractivity contribution in [2.24, 2.45) is 27.2 Å². The highest BCUT2D eigenvalue weighted by Crippen LogP contribution is 2.20. The van der Waals surface area contributed by atoms with Gasteiger partial charge in [0.1, 0.15) is 6.61 Å². The molecule has 0 saturated carbocycles. The van der Waals surface area contributed by atoms with Crippen LogP contribution < -0.4 is 17.2 Å². The molecule has 22 heavy (non-hydrogen) atoms. The van der Waals surface area contributed by atoms with E-state index in [2.05, 4.69) is 9.98 Å². The molecule has 0 atom stereocenters. The average molecular weight is 418 g/mol. The molecule has 1 aromatic carbocycles. The van der Waals surface area contributed by atoms with Gasteiger partial charge in [0, 0.05) is 5.56 Å². The van der Waals surface area contributed by atoms with E-state index in [-0.39, 0.29) is 42.5 Å². The van der Waals surface area contributed by atoms with Gasteiger partial charge in [0.15, 0.2) is 5.66 Å². The monoisotopic (exact) mass is 418 g/mol. The summed E-state index contributed by atoms with van der Waals surface area (Å²) in [6.07, 6.45) is 0. The number of nitrogens with zero attached hydrogens (tertiary/aromatic N) is 3. The van der Waals surface area contributed by atoms with E-state index >= 15 is 0 Å². The lowest BCUT2D eigenvalue weighted by atomic mass is 10.1. The summed E-state index contributed by atoms with van der Waals surface area (Å²) in [4.78, 5) is 24.7. The van der Waals surface area contributed by atoms with E-state index in [9.17, 15) is 4.79 Å². The maximum absolute atomic E-state index is 11.0. The highest BCUT2D eigenvalue weighted by Gasteiger charge is 2.33. The molecule has 0 bridgehead atoms. The molecule has 120 valence electrons. The first-order valence-corrected chi connectivity index (χ1v) is 6.31. The molecule has 0 aliphatic carbocycles. The smallest absolute Gasteiger partial charge is 0.248 e. The van der Waals surface area contributed by atoms with Gasteiger partial charge in [0.2, 0.25) is 17.8 Å². The van der Waals surface area contributed by atoms with Gasteiger partial charge in [-0.2, -0.15) is 10.1 Å². The minimum atomic E-state index is -0.747. The molecule has 0 fully saturated rings. The Kier molecular flexibility index (Phi) is 5.72. The summed E-state index contributed by atoms with van der Waals surface area (Å²) >= 11 is 0. The molecule has 1 aliphatic rings. The van der Waals surface area contributed by atoms with Crippen LogP contribution in [0, 0.1) is 0 Å². The van der Waals surface area contributed by atoms with E-state index in [1.807, 2.05) is 0 Å². The van der Waals surface area contributed by atoms with Crippen LogP contribution in [-0.4, -0.2) is 28.6 Å². The number of halogens is 1. The molecule has 1 heterocycles. The average Bonchev–Trinajstić information content (AvgIpc) is 2.36. The standard InChI is InChI=1S/C13H18N6O2.HI/c1-13(2)18-11(15)17-12(16)19(13)21-7-8-3-5-9(6-4-8)10(14)20;/h3-6H,7H2,1-2H3,(H2,14,20)(H4,15,16,17,18);1H. The van der Waals surface area contributed by atoms with Crippen LogP contribution in [0.25, 0.3) is 0 Å². The SMILES string of the molecule is CC1(C)N=C(N)N=C(N)N1OCc1ccc(C(N)=O)cc1.I. The number of hydrogen-bond donors (Lipinski definition) is 3. The molecule has 0 radical (unpaired) electrons. The summed E-state index contributed by atoms with van der Waals surface area (Å²) in [5.74, 6) is -0.217. The number of carbonyl (C=O) groups is 1. The highest BCUT2D eigenvalue weighted by atomic mass is 127. The summed E-state index contributed by atoms with van der Waals surface area (Å²) in [7, 11) is 0. The number of carbonyl (C=O) groups excluding carboxylic acids is 1. The van der Waals surface area contributed by atoms with E-state index < -0.39 is 11.6 Å². The third kappa shape index (κ3) is 4.07. The van der Waals surface area contributed by atoms with Crippen LogP contribution in [-0.2, 0) is 11.4 Å². The predicted molar refractivity (Wildman–Crippen MR) is 94.3 cm³/mol. The van der Waals surface area contributed by atoms with E-state index in [4.69, 9.17) is 22.0 Å². The first kappa shape index (κ1) is 18.2. The quantitative estimate of drug-likeness (QED) is 0.614. The number of aliphatic imine (C=N–C) groups is 2. The molecular weight excluding hydrogens is 399 g/mol. The number of nitrogens with two attached hydrogens (primary N) is 3. The molecule has 0 spiro atoms. The second-order valence-electron chi connectivity index (χ2n) is 5.06. The molecule has 1 aromatic rings. The van der Waals surface area contributed by atoms with Crippen molar-refractivity contribution >= 4 is 41.8 Å². The molecule has 0 saturated heterocycles. The maximum atomic E-state index is 11.0. The van der Waals surface area contributed by atoms with Crippen LogP contribution in [0.5, 0.6) is 0 Å². The lowest BCUT2D eigenvalue weighted by molar-refractivity contribution is -0.166. The predicted octanol–water partition coefficient (Wildman–Crippen LogP) is 0.516. The number of amides is 1. The Morgan fingerprint density at radius 1 is 1.27 bits per heavy atom. The van der Waals surface area contributed by atoms with E-state index in [1.165, 1.54) is 5.06 Å². The zero-order valence-electron chi connectivity index (χ0n) is 12.3. The summed E-state index contributed by atoms with van der Waals surface area (Å²) in [6, 6.07) is 6.77. The summed E-state index contributed by atoms with van der Waals surface area (Å²) in [5, 5.41) is 1.39. The van der Waals surface area contributed by atoms with Crippen LogP contribution in [0.15, 0.2) is 34.3 Å². The van der Waals surface area contributed by atoms with Crippen molar-refractivity contribution in [2.45, 2.75) is 26.1 Å². The molecule has 9 heteroatoms. The topological polar surface area (TPSA) is 132 Å². The van der Waals surface area contributed by atoms with Gasteiger partial charge in [0.25, 0.3) is 0 Å². The summed E-state index contributed by atoms with van der Waals surface area (Å²) in [5.41, 5.74) is 17.1. The maximum Gasteiger partial charge on any atom is 0.248 e. The van der Waals surface area contributed by atoms with Gasteiger partial charge in [-0.3, -0.25) is 9.63 Å². The Morgan fingerprint density at radius 3 is 2.36 bits per heavy atom. The van der Waals surface area contributed by atoms with Crippen LogP contribution in [0.1, 0.15) is 29.8 Å².